The van der Waals surface area contributed by atoms with Gasteiger partial charge in [-0.3, -0.25) is 0 Å². The number of benzene rings is 2. The van der Waals surface area contributed by atoms with Crippen LogP contribution in [0.15, 0.2) is 48.5 Å². The zero-order valence-corrected chi connectivity index (χ0v) is 17.0. The molecule has 0 amide bonds. The highest BCUT2D eigenvalue weighted by Crippen LogP contribution is 2.28. The minimum Gasteiger partial charge on any atom is -0.480 e. The fourth-order valence-corrected chi connectivity index (χ4v) is 3.10. The molecule has 3 aromatic rings. The van der Waals surface area contributed by atoms with Gasteiger partial charge in [-0.15, -0.1) is 0 Å². The lowest BCUT2D eigenvalue weighted by atomic mass is 9.87. The Hall–Kier alpha value is -2.95. The van der Waals surface area contributed by atoms with Gasteiger partial charge >= 0.3 is 5.97 Å². The minimum absolute atomic E-state index is 0.0709. The first kappa shape index (κ1) is 19.8. The van der Waals surface area contributed by atoms with Crippen molar-refractivity contribution in [3.05, 3.63) is 54.1 Å². The van der Waals surface area contributed by atoms with E-state index in [9.17, 15) is 9.90 Å². The molecule has 5 heteroatoms. The molecule has 0 aliphatic carbocycles. The molecule has 0 saturated heterocycles. The monoisotopic (exact) mass is 377 g/mol. The number of hydrogen-bond acceptors (Lipinski definition) is 4. The van der Waals surface area contributed by atoms with Crippen molar-refractivity contribution in [1.29, 1.82) is 0 Å². The Labute approximate surface area is 165 Å². The van der Waals surface area contributed by atoms with Crippen LogP contribution in [0, 0.1) is 5.92 Å². The molecule has 3 rings (SSSR count). The van der Waals surface area contributed by atoms with E-state index in [1.54, 1.807) is 0 Å². The van der Waals surface area contributed by atoms with E-state index >= 15 is 0 Å². The van der Waals surface area contributed by atoms with Gasteiger partial charge in [0.15, 0.2) is 5.82 Å². The number of nitrogens with one attached hydrogen (secondary N) is 1. The van der Waals surface area contributed by atoms with Crippen LogP contribution in [0.3, 0.4) is 0 Å². The number of rotatable bonds is 5. The molecular formula is C23H27N3O2. The third-order valence-electron chi connectivity index (χ3n) is 4.84. The molecular weight excluding hydrogens is 350 g/mol. The summed E-state index contributed by atoms with van der Waals surface area (Å²) in [7, 11) is 0. The molecule has 1 aromatic heterocycles. The quantitative estimate of drug-likeness (QED) is 0.646. The van der Waals surface area contributed by atoms with Crippen LogP contribution in [-0.4, -0.2) is 27.1 Å². The summed E-state index contributed by atoms with van der Waals surface area (Å²) >= 11 is 0. The lowest BCUT2D eigenvalue weighted by Gasteiger charge is -2.20. The van der Waals surface area contributed by atoms with Crippen LogP contribution >= 0.6 is 0 Å². The average molecular weight is 377 g/mol. The van der Waals surface area contributed by atoms with Crippen molar-refractivity contribution in [1.82, 2.24) is 9.97 Å². The highest BCUT2D eigenvalue weighted by Gasteiger charge is 2.23. The maximum atomic E-state index is 11.7. The number of hydrogen-bond donors (Lipinski definition) is 2. The van der Waals surface area contributed by atoms with Gasteiger partial charge in [0.05, 0.1) is 5.52 Å². The Morgan fingerprint density at radius 2 is 1.64 bits per heavy atom. The van der Waals surface area contributed by atoms with Crippen LogP contribution in [0.4, 0.5) is 5.82 Å². The first-order valence-electron chi connectivity index (χ1n) is 9.54. The Bertz CT molecular complexity index is 989. The Morgan fingerprint density at radius 3 is 2.21 bits per heavy atom. The predicted molar refractivity (Wildman–Crippen MR) is 114 cm³/mol. The van der Waals surface area contributed by atoms with Crippen molar-refractivity contribution in [2.75, 3.05) is 5.32 Å². The van der Waals surface area contributed by atoms with Crippen LogP contribution in [0.25, 0.3) is 22.3 Å². The van der Waals surface area contributed by atoms with Crippen molar-refractivity contribution in [2.24, 2.45) is 5.92 Å². The second-order valence-corrected chi connectivity index (χ2v) is 8.44. The largest absolute Gasteiger partial charge is 0.480 e. The van der Waals surface area contributed by atoms with E-state index in [2.05, 4.69) is 43.2 Å². The minimum atomic E-state index is -0.895. The normalized spacial score (nSPS) is 12.9. The van der Waals surface area contributed by atoms with E-state index in [0.717, 1.165) is 16.5 Å². The van der Waals surface area contributed by atoms with Crippen molar-refractivity contribution in [2.45, 2.75) is 46.1 Å². The van der Waals surface area contributed by atoms with Crippen molar-refractivity contribution in [3.8, 4) is 11.4 Å². The molecule has 0 spiro atoms. The fourth-order valence-electron chi connectivity index (χ4n) is 3.10. The third kappa shape index (κ3) is 4.14. The molecule has 0 unspecified atom stereocenters. The smallest absolute Gasteiger partial charge is 0.326 e. The molecule has 0 radical (unpaired) electrons. The maximum Gasteiger partial charge on any atom is 0.326 e. The number of nitrogens with zero attached hydrogens (tertiary/aromatic N) is 2. The molecule has 0 aliphatic rings. The zero-order chi connectivity index (χ0) is 20.5. The summed E-state index contributed by atoms with van der Waals surface area (Å²) in [6.07, 6.45) is 0. The number of carboxylic acids is 1. The van der Waals surface area contributed by atoms with Crippen LogP contribution in [0.5, 0.6) is 0 Å². The summed E-state index contributed by atoms with van der Waals surface area (Å²) < 4.78 is 0. The molecule has 1 heterocycles. The first-order chi connectivity index (χ1) is 13.2. The third-order valence-corrected chi connectivity index (χ3v) is 4.84. The summed E-state index contributed by atoms with van der Waals surface area (Å²) in [6.45, 7) is 10.3. The van der Waals surface area contributed by atoms with Gasteiger partial charge in [-0.05, 0) is 29.0 Å². The van der Waals surface area contributed by atoms with Gasteiger partial charge in [0.25, 0.3) is 0 Å². The first-order valence-corrected chi connectivity index (χ1v) is 9.54. The number of fused-ring (bicyclic) bond motifs is 1. The van der Waals surface area contributed by atoms with E-state index in [4.69, 9.17) is 4.98 Å². The molecule has 0 fully saturated rings. The second-order valence-electron chi connectivity index (χ2n) is 8.44. The number of carbonyl (C=O) groups is 1. The van der Waals surface area contributed by atoms with Gasteiger partial charge in [-0.1, -0.05) is 71.0 Å². The van der Waals surface area contributed by atoms with Crippen LogP contribution in [0.2, 0.25) is 0 Å². The van der Waals surface area contributed by atoms with Gasteiger partial charge in [0, 0.05) is 10.9 Å². The molecule has 2 N–H and O–H groups in total. The number of aliphatic carboxylic acids is 1. The number of anilines is 1. The molecule has 5 nitrogen and oxygen atoms in total. The number of aromatic nitrogens is 2. The van der Waals surface area contributed by atoms with Gasteiger partial charge in [0.2, 0.25) is 0 Å². The van der Waals surface area contributed by atoms with Crippen LogP contribution in [-0.2, 0) is 10.2 Å². The van der Waals surface area contributed by atoms with Crippen molar-refractivity contribution in [3.63, 3.8) is 0 Å². The van der Waals surface area contributed by atoms with E-state index in [0.29, 0.717) is 11.6 Å². The Kier molecular flexibility index (Phi) is 5.36. The van der Waals surface area contributed by atoms with Gasteiger partial charge in [-0.2, -0.15) is 0 Å². The van der Waals surface area contributed by atoms with E-state index in [1.807, 2.05) is 50.2 Å². The highest BCUT2D eigenvalue weighted by molar-refractivity contribution is 5.92. The molecule has 0 aliphatic heterocycles. The predicted octanol–water partition coefficient (Wildman–Crippen LogP) is 5.12. The van der Waals surface area contributed by atoms with E-state index in [-0.39, 0.29) is 11.3 Å². The van der Waals surface area contributed by atoms with E-state index < -0.39 is 12.0 Å². The number of para-hydroxylation sites is 1. The molecule has 0 bridgehead atoms. The lowest BCUT2D eigenvalue weighted by Crippen LogP contribution is -2.34. The molecule has 28 heavy (non-hydrogen) atoms. The summed E-state index contributed by atoms with van der Waals surface area (Å²) in [5.74, 6) is 0.144. The maximum absolute atomic E-state index is 11.7. The van der Waals surface area contributed by atoms with Crippen molar-refractivity contribution >= 4 is 22.7 Å². The van der Waals surface area contributed by atoms with Gasteiger partial charge in [-0.25, -0.2) is 14.8 Å². The summed E-state index contributed by atoms with van der Waals surface area (Å²) in [5.41, 5.74) is 2.99. The molecule has 0 saturated carbocycles. The van der Waals surface area contributed by atoms with Crippen molar-refractivity contribution < 1.29 is 9.90 Å². The summed E-state index contributed by atoms with van der Waals surface area (Å²) in [4.78, 5) is 21.0. The van der Waals surface area contributed by atoms with Gasteiger partial charge < -0.3 is 10.4 Å². The topological polar surface area (TPSA) is 75.1 Å². The molecule has 146 valence electrons. The molecule has 1 atom stereocenters. The Morgan fingerprint density at radius 1 is 1.00 bits per heavy atom. The van der Waals surface area contributed by atoms with Crippen LogP contribution in [0.1, 0.15) is 40.2 Å². The summed E-state index contributed by atoms with van der Waals surface area (Å²) in [6, 6.07) is 15.1. The second kappa shape index (κ2) is 7.58. The standard InChI is InChI=1S/C23H27N3O2/c1-14(2)19(22(27)28)25-21-17-8-6-7-9-18(17)24-20(26-21)15-10-12-16(13-11-15)23(3,4)5/h6-14,19H,1-5H3,(H,27,28)(H,24,25,26)/t19-/m0/s1. The lowest BCUT2D eigenvalue weighted by molar-refractivity contribution is -0.138. The molecule has 2 aromatic carbocycles. The van der Waals surface area contributed by atoms with Gasteiger partial charge in [0.1, 0.15) is 11.9 Å². The zero-order valence-electron chi connectivity index (χ0n) is 17.0. The Balaban J connectivity index is 2.08. The highest BCUT2D eigenvalue weighted by atomic mass is 16.4. The average Bonchev–Trinajstić information content (AvgIpc) is 2.64. The fraction of sp³-hybridized carbons (Fsp3) is 0.348. The summed E-state index contributed by atoms with van der Waals surface area (Å²) in [5, 5.41) is 13.5. The number of carboxylic acid groups (broad SMARTS) is 1. The SMILES string of the molecule is CC(C)[C@H](Nc1nc(-c2ccc(C(C)(C)C)cc2)nc2ccccc12)C(=O)O. The van der Waals surface area contributed by atoms with Crippen LogP contribution < -0.4 is 5.32 Å². The van der Waals surface area contributed by atoms with E-state index in [1.165, 1.54) is 5.56 Å².